The largest absolute Gasteiger partial charge is 0.389 e. The van der Waals surface area contributed by atoms with Gasteiger partial charge in [0.25, 0.3) is 5.91 Å². The highest BCUT2D eigenvalue weighted by molar-refractivity contribution is 9.10. The van der Waals surface area contributed by atoms with E-state index in [1.54, 1.807) is 18.2 Å². The van der Waals surface area contributed by atoms with Gasteiger partial charge in [0, 0.05) is 21.6 Å². The first kappa shape index (κ1) is 15.9. The molecule has 0 saturated heterocycles. The molecule has 0 saturated carbocycles. The molecule has 3 N–H and O–H groups in total. The molecule has 0 atom stereocenters. The molecular formula is C15H12BrClN2OS. The van der Waals surface area contributed by atoms with Gasteiger partial charge in [0.15, 0.2) is 0 Å². The summed E-state index contributed by atoms with van der Waals surface area (Å²) in [6.07, 6.45) is 0. The van der Waals surface area contributed by atoms with Crippen LogP contribution in [-0.2, 0) is 6.54 Å². The third kappa shape index (κ3) is 4.27. The van der Waals surface area contributed by atoms with Crippen LogP contribution in [0.15, 0.2) is 46.9 Å². The summed E-state index contributed by atoms with van der Waals surface area (Å²) < 4.78 is 0.696. The van der Waals surface area contributed by atoms with Crippen molar-refractivity contribution in [2.24, 2.45) is 5.73 Å². The smallest absolute Gasteiger partial charge is 0.252 e. The van der Waals surface area contributed by atoms with Gasteiger partial charge in [-0.15, -0.1) is 0 Å². The summed E-state index contributed by atoms with van der Waals surface area (Å²) in [4.78, 5) is 12.5. The summed E-state index contributed by atoms with van der Waals surface area (Å²) in [5.74, 6) is -0.204. The maximum Gasteiger partial charge on any atom is 0.252 e. The number of nitrogens with one attached hydrogen (secondary N) is 1. The summed E-state index contributed by atoms with van der Waals surface area (Å²) >= 11 is 14.2. The van der Waals surface area contributed by atoms with E-state index in [-0.39, 0.29) is 5.91 Å². The van der Waals surface area contributed by atoms with Crippen LogP contribution in [0.4, 0.5) is 0 Å². The van der Waals surface area contributed by atoms with Crippen molar-refractivity contribution in [2.75, 3.05) is 0 Å². The van der Waals surface area contributed by atoms with Gasteiger partial charge in [-0.25, -0.2) is 0 Å². The Morgan fingerprint density at radius 1 is 1.29 bits per heavy atom. The van der Waals surface area contributed by atoms with Crippen molar-refractivity contribution in [2.45, 2.75) is 6.54 Å². The highest BCUT2D eigenvalue weighted by atomic mass is 79.9. The Morgan fingerprint density at radius 3 is 2.76 bits per heavy atom. The fourth-order valence-corrected chi connectivity index (χ4v) is 2.51. The molecular weight excluding hydrogens is 372 g/mol. The number of hydrogen-bond donors (Lipinski definition) is 2. The molecule has 0 aliphatic rings. The Hall–Kier alpha value is -1.43. The van der Waals surface area contributed by atoms with E-state index in [1.165, 1.54) is 0 Å². The number of amides is 1. The van der Waals surface area contributed by atoms with Crippen molar-refractivity contribution in [1.82, 2.24) is 5.32 Å². The fourth-order valence-electron chi connectivity index (χ4n) is 1.78. The molecule has 21 heavy (non-hydrogen) atoms. The standard InChI is InChI=1S/C15H12BrClN2OS/c16-13-5-4-11(17)7-12(13)15(20)19-8-9-2-1-3-10(6-9)14(18)21/h1-7H,8H2,(H2,18,21)(H,19,20). The van der Waals surface area contributed by atoms with Crippen molar-refractivity contribution in [1.29, 1.82) is 0 Å². The van der Waals surface area contributed by atoms with Gasteiger partial charge in [0.2, 0.25) is 0 Å². The zero-order valence-corrected chi connectivity index (χ0v) is 14.1. The first-order valence-electron chi connectivity index (χ1n) is 6.09. The lowest BCUT2D eigenvalue weighted by molar-refractivity contribution is 0.0950. The van der Waals surface area contributed by atoms with E-state index in [0.29, 0.717) is 26.6 Å². The van der Waals surface area contributed by atoms with Gasteiger partial charge in [-0.2, -0.15) is 0 Å². The number of thiocarbonyl (C=S) groups is 1. The summed E-state index contributed by atoms with van der Waals surface area (Å²) in [7, 11) is 0. The second-order valence-electron chi connectivity index (χ2n) is 4.37. The van der Waals surface area contributed by atoms with Gasteiger partial charge in [-0.1, -0.05) is 42.0 Å². The van der Waals surface area contributed by atoms with Crippen molar-refractivity contribution >= 4 is 50.6 Å². The SMILES string of the molecule is NC(=S)c1cccc(CNC(=O)c2cc(Cl)ccc2Br)c1. The van der Waals surface area contributed by atoms with Crippen LogP contribution in [0.1, 0.15) is 21.5 Å². The first-order valence-corrected chi connectivity index (χ1v) is 7.67. The number of halogens is 2. The molecule has 108 valence electrons. The molecule has 0 fully saturated rings. The van der Waals surface area contributed by atoms with Crippen LogP contribution < -0.4 is 11.1 Å². The number of nitrogens with two attached hydrogens (primary N) is 1. The molecule has 0 radical (unpaired) electrons. The van der Waals surface area contributed by atoms with Crippen LogP contribution in [0.25, 0.3) is 0 Å². The van der Waals surface area contributed by atoms with Crippen molar-refractivity contribution < 1.29 is 4.79 Å². The van der Waals surface area contributed by atoms with Crippen LogP contribution in [0.5, 0.6) is 0 Å². The van der Waals surface area contributed by atoms with Gasteiger partial charge in [0.1, 0.15) is 4.99 Å². The topological polar surface area (TPSA) is 55.1 Å². The minimum atomic E-state index is -0.204. The molecule has 0 bridgehead atoms. The van der Waals surface area contributed by atoms with Gasteiger partial charge in [-0.05, 0) is 45.8 Å². The third-order valence-corrected chi connectivity index (χ3v) is 4.00. The van der Waals surface area contributed by atoms with Crippen molar-refractivity contribution in [3.63, 3.8) is 0 Å². The average molecular weight is 384 g/mol. The van der Waals surface area contributed by atoms with Crippen LogP contribution in [0.3, 0.4) is 0 Å². The van der Waals surface area contributed by atoms with E-state index in [4.69, 9.17) is 29.6 Å². The first-order chi connectivity index (χ1) is 9.97. The van der Waals surface area contributed by atoms with Gasteiger partial charge in [0.05, 0.1) is 5.56 Å². The number of hydrogen-bond acceptors (Lipinski definition) is 2. The highest BCUT2D eigenvalue weighted by Crippen LogP contribution is 2.21. The number of benzene rings is 2. The van der Waals surface area contributed by atoms with Gasteiger partial charge >= 0.3 is 0 Å². The van der Waals surface area contributed by atoms with E-state index in [2.05, 4.69) is 21.2 Å². The molecule has 2 aromatic carbocycles. The third-order valence-electron chi connectivity index (χ3n) is 2.84. The lowest BCUT2D eigenvalue weighted by Crippen LogP contribution is -2.23. The molecule has 0 aromatic heterocycles. The maximum absolute atomic E-state index is 12.2. The summed E-state index contributed by atoms with van der Waals surface area (Å²) in [6.45, 7) is 0.383. The van der Waals surface area contributed by atoms with E-state index in [1.807, 2.05) is 24.3 Å². The van der Waals surface area contributed by atoms with Crippen molar-refractivity contribution in [3.8, 4) is 0 Å². The molecule has 0 aliphatic carbocycles. The summed E-state index contributed by atoms with van der Waals surface area (Å²) in [6, 6.07) is 12.5. The molecule has 0 spiro atoms. The lowest BCUT2D eigenvalue weighted by atomic mass is 10.1. The Bertz CT molecular complexity index is 706. The summed E-state index contributed by atoms with van der Waals surface area (Å²) in [5.41, 5.74) is 7.78. The van der Waals surface area contributed by atoms with Crippen LogP contribution in [0.2, 0.25) is 5.02 Å². The monoisotopic (exact) mass is 382 g/mol. The second kappa shape index (κ2) is 7.02. The van der Waals surface area contributed by atoms with E-state index < -0.39 is 0 Å². The maximum atomic E-state index is 12.2. The molecule has 0 unspecified atom stereocenters. The Balaban J connectivity index is 2.09. The van der Waals surface area contributed by atoms with E-state index in [0.717, 1.165) is 11.1 Å². The predicted molar refractivity (Wildman–Crippen MR) is 92.7 cm³/mol. The molecule has 0 heterocycles. The predicted octanol–water partition coefficient (Wildman–Crippen LogP) is 3.67. The number of rotatable bonds is 4. The van der Waals surface area contributed by atoms with Crippen LogP contribution in [0, 0.1) is 0 Å². The zero-order valence-electron chi connectivity index (χ0n) is 10.9. The number of carbonyl (C=O) groups is 1. The second-order valence-corrected chi connectivity index (χ2v) is 6.10. The van der Waals surface area contributed by atoms with Gasteiger partial charge in [-0.3, -0.25) is 4.79 Å². The van der Waals surface area contributed by atoms with E-state index >= 15 is 0 Å². The summed E-state index contributed by atoms with van der Waals surface area (Å²) in [5, 5.41) is 3.35. The Labute approximate surface area is 141 Å². The highest BCUT2D eigenvalue weighted by Gasteiger charge is 2.10. The molecule has 3 nitrogen and oxygen atoms in total. The fraction of sp³-hybridized carbons (Fsp3) is 0.0667. The average Bonchev–Trinajstić information content (AvgIpc) is 2.47. The van der Waals surface area contributed by atoms with E-state index in [9.17, 15) is 4.79 Å². The minimum absolute atomic E-state index is 0.204. The Morgan fingerprint density at radius 2 is 2.05 bits per heavy atom. The van der Waals surface area contributed by atoms with Crippen molar-refractivity contribution in [3.05, 3.63) is 68.7 Å². The van der Waals surface area contributed by atoms with Crippen LogP contribution >= 0.6 is 39.7 Å². The quantitative estimate of drug-likeness (QED) is 0.792. The number of carbonyl (C=O) groups excluding carboxylic acids is 1. The minimum Gasteiger partial charge on any atom is -0.389 e. The van der Waals surface area contributed by atoms with Gasteiger partial charge < -0.3 is 11.1 Å². The zero-order chi connectivity index (χ0) is 15.4. The molecule has 6 heteroatoms. The molecule has 0 aliphatic heterocycles. The molecule has 2 aromatic rings. The molecule has 2 rings (SSSR count). The lowest BCUT2D eigenvalue weighted by Gasteiger charge is -2.08. The Kier molecular flexibility index (Phi) is 5.33. The normalized spacial score (nSPS) is 10.2. The molecule has 1 amide bonds. The van der Waals surface area contributed by atoms with Crippen LogP contribution in [-0.4, -0.2) is 10.9 Å².